The Morgan fingerprint density at radius 2 is 1.56 bits per heavy atom. The van der Waals surface area contributed by atoms with E-state index in [0.29, 0.717) is 16.7 Å². The molecule has 130 valence electrons. The maximum atomic E-state index is 12.7. The Balaban J connectivity index is 1.99. The van der Waals surface area contributed by atoms with Crippen LogP contribution in [0.3, 0.4) is 0 Å². The summed E-state index contributed by atoms with van der Waals surface area (Å²) in [5.41, 5.74) is 4.68. The molecule has 0 saturated carbocycles. The molecule has 1 atom stereocenters. The third-order valence-electron chi connectivity index (χ3n) is 4.72. The minimum atomic E-state index is -1.97. The van der Waals surface area contributed by atoms with Crippen LogP contribution in [0.15, 0.2) is 54.6 Å². The number of likely N-dealkylation sites (tertiary alicyclic amines) is 1. The second-order valence-electron chi connectivity index (χ2n) is 6.37. The van der Waals surface area contributed by atoms with Crippen molar-refractivity contribution >= 4 is 11.8 Å². The Morgan fingerprint density at radius 3 is 2.20 bits per heavy atom. The first-order valence-corrected chi connectivity index (χ1v) is 8.51. The third kappa shape index (κ3) is 3.28. The quantitative estimate of drug-likeness (QED) is 0.895. The molecule has 3 N–H and O–H groups in total. The van der Waals surface area contributed by atoms with Gasteiger partial charge < -0.3 is 15.7 Å². The number of carbonyl (C=O) groups excluding carboxylic acids is 2. The van der Waals surface area contributed by atoms with E-state index in [1.165, 1.54) is 0 Å². The highest BCUT2D eigenvalue weighted by molar-refractivity contribution is 5.95. The summed E-state index contributed by atoms with van der Waals surface area (Å²) in [6.07, 6.45) is 3.14. The number of benzene rings is 2. The van der Waals surface area contributed by atoms with Crippen molar-refractivity contribution < 1.29 is 14.7 Å². The molecule has 1 fully saturated rings. The van der Waals surface area contributed by atoms with Gasteiger partial charge in [-0.1, -0.05) is 42.5 Å². The fourth-order valence-electron chi connectivity index (χ4n) is 3.29. The number of amides is 2. The van der Waals surface area contributed by atoms with Crippen molar-refractivity contribution in [3.05, 3.63) is 71.3 Å². The van der Waals surface area contributed by atoms with Gasteiger partial charge in [0.15, 0.2) is 5.60 Å². The van der Waals surface area contributed by atoms with Crippen LogP contribution in [0, 0.1) is 0 Å². The first-order valence-electron chi connectivity index (χ1n) is 8.51. The molecule has 1 aliphatic rings. The lowest BCUT2D eigenvalue weighted by Gasteiger charge is -2.28. The maximum absolute atomic E-state index is 12.7. The van der Waals surface area contributed by atoms with Gasteiger partial charge >= 0.3 is 0 Å². The monoisotopic (exact) mass is 338 g/mol. The van der Waals surface area contributed by atoms with Crippen LogP contribution in [0.2, 0.25) is 0 Å². The van der Waals surface area contributed by atoms with Gasteiger partial charge in [-0.2, -0.15) is 0 Å². The van der Waals surface area contributed by atoms with Crippen LogP contribution >= 0.6 is 0 Å². The average Bonchev–Trinajstić information content (AvgIpc) is 2.68. The fourth-order valence-corrected chi connectivity index (χ4v) is 3.29. The van der Waals surface area contributed by atoms with E-state index in [4.69, 9.17) is 5.73 Å². The second-order valence-corrected chi connectivity index (χ2v) is 6.37. The van der Waals surface area contributed by atoms with Crippen LogP contribution in [0.25, 0.3) is 0 Å². The minimum absolute atomic E-state index is 0.0820. The number of nitrogens with zero attached hydrogens (tertiary/aromatic N) is 1. The Bertz CT molecular complexity index is 770. The van der Waals surface area contributed by atoms with Crippen LogP contribution in [-0.4, -0.2) is 34.9 Å². The van der Waals surface area contributed by atoms with Gasteiger partial charge in [0, 0.05) is 18.7 Å². The molecule has 25 heavy (non-hydrogen) atoms. The average molecular weight is 338 g/mol. The summed E-state index contributed by atoms with van der Waals surface area (Å²) in [6.45, 7) is 1.48. The Kier molecular flexibility index (Phi) is 4.86. The largest absolute Gasteiger partial charge is 0.372 e. The second kappa shape index (κ2) is 7.07. The van der Waals surface area contributed by atoms with Gasteiger partial charge in [-0.3, -0.25) is 9.59 Å². The fraction of sp³-hybridized carbons (Fsp3) is 0.300. The van der Waals surface area contributed by atoms with Gasteiger partial charge in [0.2, 0.25) is 0 Å². The minimum Gasteiger partial charge on any atom is -0.372 e. The Hall–Kier alpha value is -2.66. The molecule has 2 aromatic carbocycles. The van der Waals surface area contributed by atoms with Gasteiger partial charge in [0.25, 0.3) is 11.8 Å². The van der Waals surface area contributed by atoms with Crippen LogP contribution in [-0.2, 0) is 10.4 Å². The molecule has 2 aromatic rings. The lowest BCUT2D eigenvalue weighted by molar-refractivity contribution is -0.133. The van der Waals surface area contributed by atoms with Crippen LogP contribution in [0.5, 0.6) is 0 Å². The van der Waals surface area contributed by atoms with Gasteiger partial charge in [-0.05, 0) is 42.5 Å². The predicted molar refractivity (Wildman–Crippen MR) is 94.8 cm³/mol. The van der Waals surface area contributed by atoms with Crippen molar-refractivity contribution in [2.24, 2.45) is 5.73 Å². The van der Waals surface area contributed by atoms with E-state index in [-0.39, 0.29) is 5.91 Å². The zero-order chi connectivity index (χ0) is 17.9. The van der Waals surface area contributed by atoms with E-state index in [9.17, 15) is 14.7 Å². The van der Waals surface area contributed by atoms with Crippen LogP contribution in [0.4, 0.5) is 0 Å². The number of primary amides is 1. The summed E-state index contributed by atoms with van der Waals surface area (Å²) >= 11 is 0. The molecule has 0 radical (unpaired) electrons. The molecule has 0 spiro atoms. The molecule has 1 unspecified atom stereocenters. The number of hydrogen-bond donors (Lipinski definition) is 2. The summed E-state index contributed by atoms with van der Waals surface area (Å²) in [5, 5.41) is 11.0. The molecule has 5 heteroatoms. The first-order chi connectivity index (χ1) is 12.0. The van der Waals surface area contributed by atoms with E-state index in [1.54, 1.807) is 54.6 Å². The molecule has 0 aliphatic carbocycles. The molecule has 2 amide bonds. The summed E-state index contributed by atoms with van der Waals surface area (Å²) < 4.78 is 0. The summed E-state index contributed by atoms with van der Waals surface area (Å²) in [5.74, 6) is -0.956. The number of nitrogens with two attached hydrogens (primary N) is 1. The highest BCUT2D eigenvalue weighted by atomic mass is 16.3. The SMILES string of the molecule is NC(=O)C(O)(c1ccccc1)c1cccc(C(=O)N2CCCCC2)c1. The predicted octanol–water partition coefficient (Wildman–Crippen LogP) is 2.03. The smallest absolute Gasteiger partial charge is 0.258 e. The van der Waals surface area contributed by atoms with Crippen molar-refractivity contribution in [3.8, 4) is 0 Å². The molecule has 0 bridgehead atoms. The van der Waals surface area contributed by atoms with Crippen molar-refractivity contribution in [1.29, 1.82) is 0 Å². The maximum Gasteiger partial charge on any atom is 0.258 e. The Morgan fingerprint density at radius 1 is 0.920 bits per heavy atom. The molecule has 5 nitrogen and oxygen atoms in total. The van der Waals surface area contributed by atoms with Gasteiger partial charge in [-0.15, -0.1) is 0 Å². The highest BCUT2D eigenvalue weighted by Gasteiger charge is 2.38. The summed E-state index contributed by atoms with van der Waals surface area (Å²) in [4.78, 5) is 26.6. The zero-order valence-corrected chi connectivity index (χ0v) is 14.0. The zero-order valence-electron chi connectivity index (χ0n) is 14.0. The molecule has 1 heterocycles. The van der Waals surface area contributed by atoms with E-state index < -0.39 is 11.5 Å². The van der Waals surface area contributed by atoms with Crippen LogP contribution < -0.4 is 5.73 Å². The Labute approximate surface area is 147 Å². The number of carbonyl (C=O) groups is 2. The van der Waals surface area contributed by atoms with E-state index >= 15 is 0 Å². The number of aliphatic hydroxyl groups is 1. The summed E-state index contributed by atoms with van der Waals surface area (Å²) in [7, 11) is 0. The topological polar surface area (TPSA) is 83.6 Å². The van der Waals surface area contributed by atoms with Crippen molar-refractivity contribution in [1.82, 2.24) is 4.90 Å². The van der Waals surface area contributed by atoms with Crippen molar-refractivity contribution in [3.63, 3.8) is 0 Å². The standard InChI is InChI=1S/C20H22N2O3/c21-19(24)20(25,16-9-3-1-4-10-16)17-11-7-8-15(14-17)18(23)22-12-5-2-6-13-22/h1,3-4,7-11,14,25H,2,5-6,12-13H2,(H2,21,24). The van der Waals surface area contributed by atoms with E-state index in [0.717, 1.165) is 32.4 Å². The van der Waals surface area contributed by atoms with E-state index in [1.807, 2.05) is 4.90 Å². The van der Waals surface area contributed by atoms with Crippen molar-refractivity contribution in [2.75, 3.05) is 13.1 Å². The van der Waals surface area contributed by atoms with Gasteiger partial charge in [0.05, 0.1) is 0 Å². The molecule has 3 rings (SSSR count). The normalized spacial score (nSPS) is 16.9. The number of piperidine rings is 1. The first kappa shape index (κ1) is 17.2. The molecular weight excluding hydrogens is 316 g/mol. The van der Waals surface area contributed by atoms with Gasteiger partial charge in [0.1, 0.15) is 0 Å². The van der Waals surface area contributed by atoms with Gasteiger partial charge in [-0.25, -0.2) is 0 Å². The van der Waals surface area contributed by atoms with Crippen molar-refractivity contribution in [2.45, 2.75) is 24.9 Å². The highest BCUT2D eigenvalue weighted by Crippen LogP contribution is 2.30. The molecule has 1 aliphatic heterocycles. The van der Waals surface area contributed by atoms with Crippen LogP contribution in [0.1, 0.15) is 40.7 Å². The number of rotatable bonds is 4. The van der Waals surface area contributed by atoms with E-state index in [2.05, 4.69) is 0 Å². The molecule has 0 aromatic heterocycles. The lowest BCUT2D eigenvalue weighted by atomic mass is 9.85. The molecular formula is C20H22N2O3. The lowest BCUT2D eigenvalue weighted by Crippen LogP contribution is -2.42. The molecule has 1 saturated heterocycles. The third-order valence-corrected chi connectivity index (χ3v) is 4.72. The summed E-state index contributed by atoms with van der Waals surface area (Å²) in [6, 6.07) is 15.1. The number of hydrogen-bond acceptors (Lipinski definition) is 3.